The third kappa shape index (κ3) is 4.38. The van der Waals surface area contributed by atoms with Gasteiger partial charge in [-0.05, 0) is 53.6 Å². The molecule has 1 N–H and O–H groups in total. The van der Waals surface area contributed by atoms with Gasteiger partial charge in [-0.25, -0.2) is 0 Å². The molecule has 2 aromatic carbocycles. The molecule has 0 atom stereocenters. The molecule has 1 amide bonds. The fourth-order valence-electron chi connectivity index (χ4n) is 2.69. The predicted octanol–water partition coefficient (Wildman–Crippen LogP) is 5.14. The van der Waals surface area contributed by atoms with Gasteiger partial charge < -0.3 is 10.1 Å². The van der Waals surface area contributed by atoms with E-state index in [1.165, 1.54) is 29.2 Å². The molecule has 0 aromatic heterocycles. The van der Waals surface area contributed by atoms with Crippen molar-refractivity contribution in [2.45, 2.75) is 53.6 Å². The van der Waals surface area contributed by atoms with E-state index in [2.05, 4.69) is 52.1 Å². The number of amides is 1. The van der Waals surface area contributed by atoms with Gasteiger partial charge in [0.05, 0.1) is 5.69 Å². The van der Waals surface area contributed by atoms with E-state index in [4.69, 9.17) is 4.74 Å². The maximum Gasteiger partial charge on any atom is 0.221 e. The lowest BCUT2D eigenvalue weighted by Gasteiger charge is -2.22. The molecule has 0 unspecified atom stereocenters. The van der Waals surface area contributed by atoms with Crippen molar-refractivity contribution in [2.24, 2.45) is 0 Å². The molecule has 0 saturated carbocycles. The minimum absolute atomic E-state index is 0.104. The molecule has 0 aliphatic heterocycles. The zero-order valence-electron chi connectivity index (χ0n) is 15.5. The van der Waals surface area contributed by atoms with Crippen molar-refractivity contribution >= 4 is 11.6 Å². The summed E-state index contributed by atoms with van der Waals surface area (Å²) < 4.78 is 6.00. The Bertz CT molecular complexity index is 719. The fourth-order valence-corrected chi connectivity index (χ4v) is 2.69. The van der Waals surface area contributed by atoms with Crippen LogP contribution < -0.4 is 10.1 Å². The van der Waals surface area contributed by atoms with E-state index in [-0.39, 0.29) is 11.3 Å². The molecule has 0 fully saturated rings. The molecule has 0 heterocycles. The first-order chi connectivity index (χ1) is 11.2. The van der Waals surface area contributed by atoms with Crippen LogP contribution in [0.1, 0.15) is 49.9 Å². The van der Waals surface area contributed by atoms with Crippen LogP contribution in [-0.4, -0.2) is 5.91 Å². The summed E-state index contributed by atoms with van der Waals surface area (Å²) in [5.41, 5.74) is 5.83. The van der Waals surface area contributed by atoms with E-state index in [1.54, 1.807) is 0 Å². The lowest BCUT2D eigenvalue weighted by molar-refractivity contribution is -0.114. The van der Waals surface area contributed by atoms with Gasteiger partial charge in [0.2, 0.25) is 5.91 Å². The van der Waals surface area contributed by atoms with Crippen molar-refractivity contribution in [3.05, 3.63) is 58.7 Å². The van der Waals surface area contributed by atoms with Crippen LogP contribution in [0.25, 0.3) is 0 Å². The van der Waals surface area contributed by atoms with Gasteiger partial charge in [-0.1, -0.05) is 45.0 Å². The molecule has 0 radical (unpaired) electrons. The Kier molecular flexibility index (Phi) is 5.33. The second-order valence-corrected chi connectivity index (χ2v) is 7.30. The number of nitrogens with one attached hydrogen (secondary N) is 1. The zero-order chi connectivity index (χ0) is 17.9. The van der Waals surface area contributed by atoms with Crippen molar-refractivity contribution in [2.75, 3.05) is 5.32 Å². The van der Waals surface area contributed by atoms with Crippen LogP contribution in [-0.2, 0) is 16.8 Å². The molecule has 3 heteroatoms. The highest BCUT2D eigenvalue weighted by Crippen LogP contribution is 2.29. The van der Waals surface area contributed by atoms with Gasteiger partial charge in [0, 0.05) is 6.92 Å². The smallest absolute Gasteiger partial charge is 0.221 e. The topological polar surface area (TPSA) is 38.3 Å². The third-order valence-electron chi connectivity index (χ3n) is 4.13. The molecular weight excluding hydrogens is 298 g/mol. The number of hydrogen-bond acceptors (Lipinski definition) is 2. The first-order valence-electron chi connectivity index (χ1n) is 8.28. The Labute approximate surface area is 145 Å². The number of para-hydroxylation sites is 2. The van der Waals surface area contributed by atoms with E-state index >= 15 is 0 Å². The number of aryl methyl sites for hydroxylation is 2. The van der Waals surface area contributed by atoms with Gasteiger partial charge in [0.25, 0.3) is 0 Å². The van der Waals surface area contributed by atoms with Crippen LogP contribution in [0.3, 0.4) is 0 Å². The minimum Gasteiger partial charge on any atom is -0.487 e. The monoisotopic (exact) mass is 325 g/mol. The number of ether oxygens (including phenoxy) is 1. The highest BCUT2D eigenvalue weighted by Gasteiger charge is 2.16. The Morgan fingerprint density at radius 1 is 1.08 bits per heavy atom. The van der Waals surface area contributed by atoms with Crippen molar-refractivity contribution in [3.8, 4) is 5.75 Å². The highest BCUT2D eigenvalue weighted by molar-refractivity contribution is 5.90. The third-order valence-corrected chi connectivity index (χ3v) is 4.13. The number of benzene rings is 2. The Hall–Kier alpha value is -2.29. The number of carbonyl (C=O) groups is 1. The van der Waals surface area contributed by atoms with Crippen molar-refractivity contribution in [3.63, 3.8) is 0 Å². The molecule has 0 aliphatic carbocycles. The zero-order valence-corrected chi connectivity index (χ0v) is 15.5. The van der Waals surface area contributed by atoms with Gasteiger partial charge in [0.15, 0.2) is 0 Å². The lowest BCUT2D eigenvalue weighted by Crippen LogP contribution is -2.13. The normalized spacial score (nSPS) is 11.2. The highest BCUT2D eigenvalue weighted by atomic mass is 16.5. The predicted molar refractivity (Wildman–Crippen MR) is 99.7 cm³/mol. The lowest BCUT2D eigenvalue weighted by atomic mass is 9.84. The molecule has 2 rings (SSSR count). The largest absolute Gasteiger partial charge is 0.487 e. The van der Waals surface area contributed by atoms with Gasteiger partial charge >= 0.3 is 0 Å². The van der Waals surface area contributed by atoms with Crippen LogP contribution >= 0.6 is 0 Å². The van der Waals surface area contributed by atoms with E-state index in [0.29, 0.717) is 18.0 Å². The average Bonchev–Trinajstić information content (AvgIpc) is 2.46. The van der Waals surface area contributed by atoms with Crippen molar-refractivity contribution < 1.29 is 9.53 Å². The van der Waals surface area contributed by atoms with E-state index < -0.39 is 0 Å². The second-order valence-electron chi connectivity index (χ2n) is 7.30. The SMILES string of the molecule is CC(=O)Nc1ccccc1OCc1c(C)cc(C(C)(C)C)cc1C. The summed E-state index contributed by atoms with van der Waals surface area (Å²) >= 11 is 0. The van der Waals surface area contributed by atoms with Crippen LogP contribution in [0.4, 0.5) is 5.69 Å². The number of rotatable bonds is 4. The maximum atomic E-state index is 11.3. The number of carbonyl (C=O) groups excluding carboxylic acids is 1. The Morgan fingerprint density at radius 3 is 2.21 bits per heavy atom. The van der Waals surface area contributed by atoms with Crippen LogP contribution in [0.15, 0.2) is 36.4 Å². The standard InChI is InChI=1S/C21H27NO2/c1-14-11-17(21(4,5)6)12-15(2)18(14)13-24-20-10-8-7-9-19(20)22-16(3)23/h7-12H,13H2,1-6H3,(H,22,23). The Morgan fingerprint density at radius 2 is 1.67 bits per heavy atom. The maximum absolute atomic E-state index is 11.3. The first kappa shape index (κ1) is 18.1. The van der Waals surface area contributed by atoms with Crippen LogP contribution in [0.5, 0.6) is 5.75 Å². The van der Waals surface area contributed by atoms with Crippen molar-refractivity contribution in [1.29, 1.82) is 0 Å². The van der Waals surface area contributed by atoms with Gasteiger partial charge in [-0.3, -0.25) is 4.79 Å². The summed E-state index contributed by atoms with van der Waals surface area (Å²) in [5.74, 6) is 0.583. The Balaban J connectivity index is 2.23. The summed E-state index contributed by atoms with van der Waals surface area (Å²) in [7, 11) is 0. The molecule has 24 heavy (non-hydrogen) atoms. The summed E-state index contributed by atoms with van der Waals surface area (Å²) in [6.07, 6.45) is 0. The minimum atomic E-state index is -0.104. The summed E-state index contributed by atoms with van der Waals surface area (Å²) in [4.78, 5) is 11.3. The molecule has 128 valence electrons. The van der Waals surface area contributed by atoms with Gasteiger partial charge in [-0.15, -0.1) is 0 Å². The fraction of sp³-hybridized carbons (Fsp3) is 0.381. The second kappa shape index (κ2) is 7.08. The molecule has 3 nitrogen and oxygen atoms in total. The van der Waals surface area contributed by atoms with E-state index in [1.807, 2.05) is 24.3 Å². The van der Waals surface area contributed by atoms with Gasteiger partial charge in [0.1, 0.15) is 12.4 Å². The average molecular weight is 325 g/mol. The summed E-state index contributed by atoms with van der Waals surface area (Å²) in [6.45, 7) is 12.9. The van der Waals surface area contributed by atoms with Crippen molar-refractivity contribution in [1.82, 2.24) is 0 Å². The molecule has 2 aromatic rings. The van der Waals surface area contributed by atoms with Gasteiger partial charge in [-0.2, -0.15) is 0 Å². The summed E-state index contributed by atoms with van der Waals surface area (Å²) in [6, 6.07) is 12.0. The summed E-state index contributed by atoms with van der Waals surface area (Å²) in [5, 5.41) is 2.80. The van der Waals surface area contributed by atoms with E-state index in [0.717, 1.165) is 0 Å². The molecule has 0 saturated heterocycles. The first-order valence-corrected chi connectivity index (χ1v) is 8.28. The molecule has 0 aliphatic rings. The molecule has 0 spiro atoms. The molecular formula is C21H27NO2. The molecule has 0 bridgehead atoms. The van der Waals surface area contributed by atoms with Crippen LogP contribution in [0.2, 0.25) is 0 Å². The van der Waals surface area contributed by atoms with E-state index in [9.17, 15) is 4.79 Å². The van der Waals surface area contributed by atoms with Crippen LogP contribution in [0, 0.1) is 13.8 Å². The number of hydrogen-bond donors (Lipinski definition) is 1. The quantitative estimate of drug-likeness (QED) is 0.845. The number of anilines is 1.